The lowest BCUT2D eigenvalue weighted by atomic mass is 9.87. The first-order valence-corrected chi connectivity index (χ1v) is 5.54. The lowest BCUT2D eigenvalue weighted by Gasteiger charge is -2.37. The van der Waals surface area contributed by atoms with Crippen molar-refractivity contribution in [1.29, 1.82) is 0 Å². The van der Waals surface area contributed by atoms with Crippen LogP contribution in [0.25, 0.3) is 0 Å². The molecule has 1 fully saturated rings. The van der Waals surface area contributed by atoms with Gasteiger partial charge in [-0.1, -0.05) is 0 Å². The molecule has 16 heavy (non-hydrogen) atoms. The largest absolute Gasteiger partial charge is 0.385 e. The van der Waals surface area contributed by atoms with Gasteiger partial charge in [0.1, 0.15) is 11.9 Å². The summed E-state index contributed by atoms with van der Waals surface area (Å²) in [7, 11) is 0. The third-order valence-electron chi connectivity index (χ3n) is 3.12. The maximum absolute atomic E-state index is 13.0. The molecule has 1 aromatic heterocycles. The summed E-state index contributed by atoms with van der Waals surface area (Å²) in [5, 5.41) is 10.2. The van der Waals surface area contributed by atoms with Gasteiger partial charge in [0.2, 0.25) is 0 Å². The molecule has 4 heteroatoms. The lowest BCUT2D eigenvalue weighted by molar-refractivity contribution is -0.138. The first kappa shape index (κ1) is 11.5. The van der Waals surface area contributed by atoms with E-state index in [0.717, 1.165) is 25.5 Å². The van der Waals surface area contributed by atoms with Crippen LogP contribution >= 0.6 is 0 Å². The first-order valence-electron chi connectivity index (χ1n) is 5.54. The Hall–Kier alpha value is -1.00. The summed E-state index contributed by atoms with van der Waals surface area (Å²) < 4.78 is 18.6. The summed E-state index contributed by atoms with van der Waals surface area (Å²) in [6.45, 7) is 2.51. The molecule has 0 aliphatic carbocycles. The van der Waals surface area contributed by atoms with Crippen LogP contribution < -0.4 is 0 Å². The average Bonchev–Trinajstić information content (AvgIpc) is 2.29. The number of hydrogen-bond donors (Lipinski definition) is 1. The molecule has 0 spiro atoms. The highest BCUT2D eigenvalue weighted by molar-refractivity contribution is 5.17. The Morgan fingerprint density at radius 2 is 2.31 bits per heavy atom. The molecule has 0 radical (unpaired) electrons. The van der Waals surface area contributed by atoms with Gasteiger partial charge in [-0.3, -0.25) is 4.98 Å². The molecule has 2 rings (SSSR count). The van der Waals surface area contributed by atoms with Crippen molar-refractivity contribution in [2.24, 2.45) is 0 Å². The fourth-order valence-electron chi connectivity index (χ4n) is 2.10. The van der Waals surface area contributed by atoms with E-state index >= 15 is 0 Å². The van der Waals surface area contributed by atoms with E-state index in [4.69, 9.17) is 4.74 Å². The van der Waals surface area contributed by atoms with E-state index in [1.807, 2.05) is 6.92 Å². The molecule has 88 valence electrons. The molecule has 1 aromatic rings. The topological polar surface area (TPSA) is 42.4 Å². The second-order valence-electron chi connectivity index (χ2n) is 4.46. The monoisotopic (exact) mass is 225 g/mol. The number of aliphatic hydroxyl groups excluding tert-OH is 1. The van der Waals surface area contributed by atoms with Crippen LogP contribution in [0.3, 0.4) is 0 Å². The van der Waals surface area contributed by atoms with Crippen molar-refractivity contribution in [3.05, 3.63) is 29.8 Å². The standard InChI is InChI=1S/C12H16FNO2/c1-12(4-2-3-5-16-12)11(15)9-6-10(13)8-14-7-9/h6-8,11,15H,2-5H2,1H3. The minimum atomic E-state index is -0.823. The molecule has 1 aliphatic rings. The van der Waals surface area contributed by atoms with Gasteiger partial charge in [0.05, 0.1) is 11.8 Å². The zero-order valence-electron chi connectivity index (χ0n) is 9.32. The van der Waals surface area contributed by atoms with E-state index in [2.05, 4.69) is 4.98 Å². The van der Waals surface area contributed by atoms with Crippen molar-refractivity contribution in [3.8, 4) is 0 Å². The SMILES string of the molecule is CC1(C(O)c2cncc(F)c2)CCCCO1. The second-order valence-corrected chi connectivity index (χ2v) is 4.46. The van der Waals surface area contributed by atoms with Gasteiger partial charge >= 0.3 is 0 Å². The molecule has 0 saturated carbocycles. The number of rotatable bonds is 2. The number of aliphatic hydroxyl groups is 1. The highest BCUT2D eigenvalue weighted by atomic mass is 19.1. The zero-order valence-corrected chi connectivity index (χ0v) is 9.32. The van der Waals surface area contributed by atoms with E-state index in [9.17, 15) is 9.50 Å². The van der Waals surface area contributed by atoms with Gasteiger partial charge < -0.3 is 9.84 Å². The van der Waals surface area contributed by atoms with Crippen LogP contribution in [0.15, 0.2) is 18.5 Å². The zero-order chi connectivity index (χ0) is 11.6. The van der Waals surface area contributed by atoms with Gasteiger partial charge in [0, 0.05) is 18.4 Å². The van der Waals surface area contributed by atoms with Crippen molar-refractivity contribution in [1.82, 2.24) is 4.98 Å². The predicted octanol–water partition coefficient (Wildman–Crippen LogP) is 2.21. The minimum Gasteiger partial charge on any atom is -0.385 e. The molecule has 2 unspecified atom stereocenters. The summed E-state index contributed by atoms with van der Waals surface area (Å²) in [5.74, 6) is -0.434. The maximum atomic E-state index is 13.0. The van der Waals surface area contributed by atoms with Crippen molar-refractivity contribution >= 4 is 0 Å². The summed E-state index contributed by atoms with van der Waals surface area (Å²) in [5.41, 5.74) is -0.141. The van der Waals surface area contributed by atoms with Crippen LogP contribution in [-0.4, -0.2) is 22.3 Å². The number of nitrogens with zero attached hydrogens (tertiary/aromatic N) is 1. The molecule has 0 aromatic carbocycles. The Morgan fingerprint density at radius 3 is 2.94 bits per heavy atom. The summed E-state index contributed by atoms with van der Waals surface area (Å²) in [4.78, 5) is 3.74. The molecule has 1 aliphatic heterocycles. The van der Waals surface area contributed by atoms with Crippen molar-refractivity contribution in [2.75, 3.05) is 6.61 Å². The molecular formula is C12H16FNO2. The number of pyridine rings is 1. The van der Waals surface area contributed by atoms with E-state index < -0.39 is 17.5 Å². The number of hydrogen-bond acceptors (Lipinski definition) is 3. The van der Waals surface area contributed by atoms with Crippen LogP contribution in [0.4, 0.5) is 4.39 Å². The first-order chi connectivity index (χ1) is 7.62. The highest BCUT2D eigenvalue weighted by Gasteiger charge is 2.36. The highest BCUT2D eigenvalue weighted by Crippen LogP contribution is 2.36. The number of aromatic nitrogens is 1. The molecule has 0 bridgehead atoms. The molecule has 2 atom stereocenters. The normalized spacial score (nSPS) is 27.7. The van der Waals surface area contributed by atoms with Crippen LogP contribution in [0.5, 0.6) is 0 Å². The van der Waals surface area contributed by atoms with Crippen LogP contribution in [0.2, 0.25) is 0 Å². The Labute approximate surface area is 94.3 Å². The number of ether oxygens (including phenoxy) is 1. The summed E-state index contributed by atoms with van der Waals surface area (Å²) in [6.07, 6.45) is 4.61. The quantitative estimate of drug-likeness (QED) is 0.839. The average molecular weight is 225 g/mol. The molecule has 1 saturated heterocycles. The smallest absolute Gasteiger partial charge is 0.141 e. The fraction of sp³-hybridized carbons (Fsp3) is 0.583. The van der Waals surface area contributed by atoms with Crippen LogP contribution in [-0.2, 0) is 4.74 Å². The molecular weight excluding hydrogens is 209 g/mol. The van der Waals surface area contributed by atoms with Gasteiger partial charge in [0.25, 0.3) is 0 Å². The Balaban J connectivity index is 2.20. The van der Waals surface area contributed by atoms with Crippen molar-refractivity contribution < 1.29 is 14.2 Å². The van der Waals surface area contributed by atoms with Gasteiger partial charge in [0.15, 0.2) is 0 Å². The van der Waals surface area contributed by atoms with E-state index in [1.54, 1.807) is 0 Å². The van der Waals surface area contributed by atoms with Gasteiger partial charge in [-0.05, 0) is 32.3 Å². The molecule has 2 heterocycles. The van der Waals surface area contributed by atoms with E-state index in [1.165, 1.54) is 12.3 Å². The molecule has 0 amide bonds. The Bertz CT molecular complexity index is 364. The lowest BCUT2D eigenvalue weighted by Crippen LogP contribution is -2.39. The van der Waals surface area contributed by atoms with Gasteiger partial charge in [-0.2, -0.15) is 0 Å². The number of halogens is 1. The Morgan fingerprint density at radius 1 is 1.50 bits per heavy atom. The van der Waals surface area contributed by atoms with Gasteiger partial charge in [-0.15, -0.1) is 0 Å². The fourth-order valence-corrected chi connectivity index (χ4v) is 2.10. The maximum Gasteiger partial charge on any atom is 0.141 e. The van der Waals surface area contributed by atoms with E-state index in [0.29, 0.717) is 12.2 Å². The van der Waals surface area contributed by atoms with Gasteiger partial charge in [-0.25, -0.2) is 4.39 Å². The summed E-state index contributed by atoms with van der Waals surface area (Å²) >= 11 is 0. The third-order valence-corrected chi connectivity index (χ3v) is 3.12. The summed E-state index contributed by atoms with van der Waals surface area (Å²) in [6, 6.07) is 1.31. The van der Waals surface area contributed by atoms with Crippen LogP contribution in [0, 0.1) is 5.82 Å². The molecule has 3 nitrogen and oxygen atoms in total. The second kappa shape index (κ2) is 4.47. The molecule has 1 N–H and O–H groups in total. The minimum absolute atomic E-state index is 0.434. The van der Waals surface area contributed by atoms with Crippen LogP contribution in [0.1, 0.15) is 37.9 Å². The van der Waals surface area contributed by atoms with Crippen molar-refractivity contribution in [3.63, 3.8) is 0 Å². The van der Waals surface area contributed by atoms with E-state index in [-0.39, 0.29) is 0 Å². The van der Waals surface area contributed by atoms with Crippen molar-refractivity contribution in [2.45, 2.75) is 37.9 Å². The Kier molecular flexibility index (Phi) is 3.21. The third kappa shape index (κ3) is 2.23. The predicted molar refractivity (Wildman–Crippen MR) is 57.4 cm³/mol.